The summed E-state index contributed by atoms with van der Waals surface area (Å²) in [6.45, 7) is 4.03. The van der Waals surface area contributed by atoms with Crippen molar-refractivity contribution in [3.8, 4) is 11.3 Å². The molecule has 0 amide bonds. The Kier molecular flexibility index (Phi) is 2.92. The van der Waals surface area contributed by atoms with Crippen LogP contribution in [0.5, 0.6) is 0 Å². The molecule has 1 aromatic carbocycles. The molecule has 1 aliphatic heterocycles. The van der Waals surface area contributed by atoms with Crippen LogP contribution in [0.25, 0.3) is 11.3 Å². The van der Waals surface area contributed by atoms with Crippen LogP contribution in [0.3, 0.4) is 0 Å². The summed E-state index contributed by atoms with van der Waals surface area (Å²) in [6, 6.07) is 10.2. The van der Waals surface area contributed by atoms with E-state index in [0.717, 1.165) is 36.0 Å². The third kappa shape index (κ3) is 2.06. The molecule has 0 radical (unpaired) electrons. The van der Waals surface area contributed by atoms with Crippen LogP contribution in [0.2, 0.25) is 0 Å². The molecule has 1 aromatic heterocycles. The minimum atomic E-state index is 0.733. The minimum Gasteiger partial charge on any atom is -0.355 e. The summed E-state index contributed by atoms with van der Waals surface area (Å²) < 4.78 is 0. The third-order valence-electron chi connectivity index (χ3n) is 3.23. The van der Waals surface area contributed by atoms with Crippen molar-refractivity contribution in [2.45, 2.75) is 19.8 Å². The van der Waals surface area contributed by atoms with Gasteiger partial charge in [0.2, 0.25) is 0 Å². The fourth-order valence-electron chi connectivity index (χ4n) is 2.33. The first-order valence-electron chi connectivity index (χ1n) is 6.36. The lowest BCUT2D eigenvalue weighted by Crippen LogP contribution is -2.21. The molecule has 0 bridgehead atoms. The van der Waals surface area contributed by atoms with Crippen LogP contribution in [0.4, 0.5) is 5.82 Å². The van der Waals surface area contributed by atoms with Gasteiger partial charge in [-0.25, -0.2) is 4.98 Å². The first kappa shape index (κ1) is 11.1. The molecule has 0 unspecified atom stereocenters. The number of rotatable bonds is 2. The molecule has 0 spiro atoms. The van der Waals surface area contributed by atoms with E-state index in [1.165, 1.54) is 12.8 Å². The Bertz CT molecular complexity index is 533. The first-order chi connectivity index (χ1) is 8.84. The van der Waals surface area contributed by atoms with Crippen LogP contribution >= 0.6 is 0 Å². The predicted octanol–water partition coefficient (Wildman–Crippen LogP) is 2.45. The van der Waals surface area contributed by atoms with Crippen molar-refractivity contribution in [2.24, 2.45) is 0 Å². The molecule has 18 heavy (non-hydrogen) atoms. The molecular formula is C14H16N4. The van der Waals surface area contributed by atoms with Gasteiger partial charge in [0.15, 0.2) is 5.82 Å². The number of aromatic nitrogens is 3. The normalized spacial score (nSPS) is 15.1. The van der Waals surface area contributed by atoms with Gasteiger partial charge in [-0.1, -0.05) is 30.3 Å². The van der Waals surface area contributed by atoms with Gasteiger partial charge in [0.25, 0.3) is 0 Å². The number of hydrogen-bond acceptors (Lipinski definition) is 4. The second-order valence-electron chi connectivity index (χ2n) is 4.59. The Morgan fingerprint density at radius 3 is 2.44 bits per heavy atom. The van der Waals surface area contributed by atoms with Gasteiger partial charge in [-0.3, -0.25) is 0 Å². The Morgan fingerprint density at radius 2 is 1.72 bits per heavy atom. The number of anilines is 1. The second-order valence-corrected chi connectivity index (χ2v) is 4.59. The Morgan fingerprint density at radius 1 is 1.00 bits per heavy atom. The average molecular weight is 240 g/mol. The van der Waals surface area contributed by atoms with Gasteiger partial charge in [0.1, 0.15) is 11.5 Å². The number of hydrogen-bond donors (Lipinski definition) is 0. The Hall–Kier alpha value is -1.97. The van der Waals surface area contributed by atoms with Gasteiger partial charge in [0, 0.05) is 18.7 Å². The molecular weight excluding hydrogens is 224 g/mol. The highest BCUT2D eigenvalue weighted by Gasteiger charge is 2.19. The molecule has 3 rings (SSSR count). The van der Waals surface area contributed by atoms with Gasteiger partial charge < -0.3 is 4.90 Å². The summed E-state index contributed by atoms with van der Waals surface area (Å²) in [7, 11) is 0. The van der Waals surface area contributed by atoms with E-state index in [2.05, 4.69) is 32.2 Å². The maximum atomic E-state index is 4.58. The largest absolute Gasteiger partial charge is 0.355 e. The molecule has 0 atom stereocenters. The van der Waals surface area contributed by atoms with E-state index in [-0.39, 0.29) is 0 Å². The quantitative estimate of drug-likeness (QED) is 0.808. The summed E-state index contributed by atoms with van der Waals surface area (Å²) in [4.78, 5) is 6.89. The fourth-order valence-corrected chi connectivity index (χ4v) is 2.33. The number of aryl methyl sites for hydroxylation is 1. The lowest BCUT2D eigenvalue weighted by molar-refractivity contribution is 0.859. The zero-order valence-electron chi connectivity index (χ0n) is 10.5. The van der Waals surface area contributed by atoms with E-state index in [1.54, 1.807) is 0 Å². The van der Waals surface area contributed by atoms with Crippen molar-refractivity contribution in [1.82, 2.24) is 15.2 Å². The second kappa shape index (κ2) is 4.72. The highest BCUT2D eigenvalue weighted by Crippen LogP contribution is 2.28. The summed E-state index contributed by atoms with van der Waals surface area (Å²) in [5.41, 5.74) is 1.97. The average Bonchev–Trinajstić information content (AvgIpc) is 2.93. The van der Waals surface area contributed by atoms with Gasteiger partial charge >= 0.3 is 0 Å². The van der Waals surface area contributed by atoms with E-state index in [9.17, 15) is 0 Å². The molecule has 4 heteroatoms. The molecule has 0 aliphatic carbocycles. The maximum Gasteiger partial charge on any atom is 0.159 e. The zero-order chi connectivity index (χ0) is 12.4. The highest BCUT2D eigenvalue weighted by atomic mass is 15.3. The molecule has 1 fully saturated rings. The highest BCUT2D eigenvalue weighted by molar-refractivity contribution is 5.71. The number of nitrogens with zero attached hydrogens (tertiary/aromatic N) is 4. The van der Waals surface area contributed by atoms with E-state index in [1.807, 2.05) is 25.1 Å². The zero-order valence-corrected chi connectivity index (χ0v) is 10.5. The molecule has 2 aromatic rings. The first-order valence-corrected chi connectivity index (χ1v) is 6.36. The van der Waals surface area contributed by atoms with Crippen molar-refractivity contribution >= 4 is 5.82 Å². The van der Waals surface area contributed by atoms with Gasteiger partial charge in [-0.05, 0) is 19.8 Å². The lowest BCUT2D eigenvalue weighted by atomic mass is 10.1. The Balaban J connectivity index is 2.08. The van der Waals surface area contributed by atoms with Crippen LogP contribution < -0.4 is 4.90 Å². The van der Waals surface area contributed by atoms with Crippen LogP contribution in [0.1, 0.15) is 18.7 Å². The van der Waals surface area contributed by atoms with Crippen molar-refractivity contribution in [2.75, 3.05) is 18.0 Å². The van der Waals surface area contributed by atoms with Crippen LogP contribution in [-0.4, -0.2) is 28.3 Å². The standard InChI is InChI=1S/C14H16N4/c1-11-15-14(18-9-5-6-10-18)13(17-16-11)12-7-3-2-4-8-12/h2-4,7-8H,5-6,9-10H2,1H3. The molecule has 0 saturated carbocycles. The van der Waals surface area contributed by atoms with Crippen molar-refractivity contribution < 1.29 is 0 Å². The van der Waals surface area contributed by atoms with Gasteiger partial charge in [-0.15, -0.1) is 10.2 Å². The Labute approximate surface area is 107 Å². The SMILES string of the molecule is Cc1nnc(-c2ccccc2)c(N2CCCC2)n1. The summed E-state index contributed by atoms with van der Waals surface area (Å²) in [5.74, 6) is 1.71. The van der Waals surface area contributed by atoms with Crippen molar-refractivity contribution in [3.05, 3.63) is 36.2 Å². The molecule has 92 valence electrons. The molecule has 1 aliphatic rings. The minimum absolute atomic E-state index is 0.733. The van der Waals surface area contributed by atoms with E-state index >= 15 is 0 Å². The van der Waals surface area contributed by atoms with Crippen LogP contribution in [-0.2, 0) is 0 Å². The summed E-state index contributed by atoms with van der Waals surface area (Å²) >= 11 is 0. The molecule has 0 N–H and O–H groups in total. The monoisotopic (exact) mass is 240 g/mol. The van der Waals surface area contributed by atoms with Crippen molar-refractivity contribution in [1.29, 1.82) is 0 Å². The predicted molar refractivity (Wildman–Crippen MR) is 71.4 cm³/mol. The molecule has 2 heterocycles. The van der Waals surface area contributed by atoms with Crippen LogP contribution in [0.15, 0.2) is 30.3 Å². The topological polar surface area (TPSA) is 41.9 Å². The smallest absolute Gasteiger partial charge is 0.159 e. The van der Waals surface area contributed by atoms with Crippen LogP contribution in [0, 0.1) is 6.92 Å². The van der Waals surface area contributed by atoms with E-state index in [4.69, 9.17) is 0 Å². The lowest BCUT2D eigenvalue weighted by Gasteiger charge is -2.19. The van der Waals surface area contributed by atoms with Gasteiger partial charge in [0.05, 0.1) is 0 Å². The summed E-state index contributed by atoms with van der Waals surface area (Å²) in [6.07, 6.45) is 2.47. The van der Waals surface area contributed by atoms with Crippen molar-refractivity contribution in [3.63, 3.8) is 0 Å². The van der Waals surface area contributed by atoms with Gasteiger partial charge in [-0.2, -0.15) is 0 Å². The third-order valence-corrected chi connectivity index (χ3v) is 3.23. The molecule has 4 nitrogen and oxygen atoms in total. The maximum absolute atomic E-state index is 4.58. The van der Waals surface area contributed by atoms with E-state index < -0.39 is 0 Å². The summed E-state index contributed by atoms with van der Waals surface area (Å²) in [5, 5.41) is 8.44. The van der Waals surface area contributed by atoms with E-state index in [0.29, 0.717) is 0 Å². The number of benzene rings is 1. The molecule has 1 saturated heterocycles. The fraction of sp³-hybridized carbons (Fsp3) is 0.357.